The van der Waals surface area contributed by atoms with Crippen molar-refractivity contribution in [1.82, 2.24) is 10.2 Å². The van der Waals surface area contributed by atoms with E-state index in [-0.39, 0.29) is 16.5 Å². The lowest BCUT2D eigenvalue weighted by atomic mass is 9.93. The summed E-state index contributed by atoms with van der Waals surface area (Å²) in [5.41, 5.74) is 2.22. The van der Waals surface area contributed by atoms with E-state index in [9.17, 15) is 14.7 Å². The average molecular weight is 504 g/mol. The standard InChI is InChI=1S/C26H21N3O6S/c1-33-17-10-9-14-11-16(8-7-15(14)12-17)22(30)20-21(18-5-4-6-19(34-2)24(18)35-3)29(25(32)23(20)31)26-28-27-13-36-26/h4-13,21,30H,1-3H3/b22-20+. The molecule has 36 heavy (non-hydrogen) atoms. The van der Waals surface area contributed by atoms with Crippen molar-refractivity contribution >= 4 is 44.7 Å². The van der Waals surface area contributed by atoms with E-state index in [0.29, 0.717) is 28.4 Å². The molecule has 3 aromatic carbocycles. The quantitative estimate of drug-likeness (QED) is 0.235. The number of benzene rings is 3. The molecular formula is C26H21N3O6S. The number of fused-ring (bicyclic) bond motifs is 1. The number of aromatic nitrogens is 2. The first-order chi connectivity index (χ1) is 17.5. The van der Waals surface area contributed by atoms with Crippen LogP contribution in [0.2, 0.25) is 0 Å². The van der Waals surface area contributed by atoms with Gasteiger partial charge in [0.2, 0.25) is 5.13 Å². The van der Waals surface area contributed by atoms with Crippen LogP contribution in [0.5, 0.6) is 17.2 Å². The molecule has 1 aliphatic heterocycles. The molecule has 0 aliphatic carbocycles. The number of aliphatic hydroxyl groups excluding tert-OH is 1. The Labute approximate surface area is 210 Å². The molecule has 2 heterocycles. The molecule has 1 fully saturated rings. The average Bonchev–Trinajstić information content (AvgIpc) is 3.53. The van der Waals surface area contributed by atoms with Crippen molar-refractivity contribution in [3.05, 3.63) is 76.8 Å². The number of rotatable bonds is 6. The normalized spacial score (nSPS) is 17.0. The SMILES string of the molecule is COc1ccc2cc(/C(O)=C3\C(=O)C(=O)N(c4nncs4)C3c3cccc(OC)c3OC)ccc2c1. The van der Waals surface area contributed by atoms with Gasteiger partial charge in [-0.05, 0) is 35.0 Å². The van der Waals surface area contributed by atoms with Crippen LogP contribution in [-0.4, -0.2) is 48.3 Å². The van der Waals surface area contributed by atoms with Gasteiger partial charge in [-0.2, -0.15) is 0 Å². The Morgan fingerprint density at radius 3 is 2.44 bits per heavy atom. The maximum absolute atomic E-state index is 13.4. The number of hydrogen-bond donors (Lipinski definition) is 1. The van der Waals surface area contributed by atoms with E-state index in [1.54, 1.807) is 37.4 Å². The number of hydrogen-bond acceptors (Lipinski definition) is 9. The van der Waals surface area contributed by atoms with Gasteiger partial charge in [-0.3, -0.25) is 14.5 Å². The summed E-state index contributed by atoms with van der Waals surface area (Å²) in [6.07, 6.45) is 0. The van der Waals surface area contributed by atoms with Crippen LogP contribution >= 0.6 is 11.3 Å². The number of ether oxygens (including phenoxy) is 3. The minimum absolute atomic E-state index is 0.0883. The van der Waals surface area contributed by atoms with Crippen LogP contribution in [0.25, 0.3) is 16.5 Å². The van der Waals surface area contributed by atoms with Crippen molar-refractivity contribution in [3.63, 3.8) is 0 Å². The van der Waals surface area contributed by atoms with Crippen molar-refractivity contribution in [3.8, 4) is 17.2 Å². The van der Waals surface area contributed by atoms with Gasteiger partial charge in [0.1, 0.15) is 23.1 Å². The van der Waals surface area contributed by atoms with Gasteiger partial charge in [-0.15, -0.1) is 10.2 Å². The van der Waals surface area contributed by atoms with Gasteiger partial charge >= 0.3 is 5.91 Å². The van der Waals surface area contributed by atoms with E-state index in [0.717, 1.165) is 22.1 Å². The summed E-state index contributed by atoms with van der Waals surface area (Å²) in [6, 6.07) is 14.9. The predicted octanol–water partition coefficient (Wildman–Crippen LogP) is 4.34. The summed E-state index contributed by atoms with van der Waals surface area (Å²) >= 11 is 1.11. The van der Waals surface area contributed by atoms with Crippen LogP contribution in [0.3, 0.4) is 0 Å². The first-order valence-electron chi connectivity index (χ1n) is 10.8. The minimum atomic E-state index is -1.02. The Morgan fingerprint density at radius 1 is 0.972 bits per heavy atom. The number of Topliss-reactive ketones (excluding diaryl/α,β-unsaturated/α-hetero) is 1. The molecular weight excluding hydrogens is 482 g/mol. The molecule has 1 amide bonds. The summed E-state index contributed by atoms with van der Waals surface area (Å²) in [6.45, 7) is 0. The highest BCUT2D eigenvalue weighted by molar-refractivity contribution is 7.13. The molecule has 1 N–H and O–H groups in total. The minimum Gasteiger partial charge on any atom is -0.507 e. The van der Waals surface area contributed by atoms with E-state index in [4.69, 9.17) is 14.2 Å². The smallest absolute Gasteiger partial charge is 0.301 e. The Kier molecular flexibility index (Phi) is 6.03. The fraction of sp³-hybridized carbons (Fsp3) is 0.154. The highest BCUT2D eigenvalue weighted by atomic mass is 32.1. The molecule has 0 spiro atoms. The van der Waals surface area contributed by atoms with Gasteiger partial charge < -0.3 is 19.3 Å². The topological polar surface area (TPSA) is 111 Å². The van der Waals surface area contributed by atoms with Crippen LogP contribution < -0.4 is 19.1 Å². The predicted molar refractivity (Wildman–Crippen MR) is 135 cm³/mol. The van der Waals surface area contributed by atoms with Crippen LogP contribution in [-0.2, 0) is 9.59 Å². The second-order valence-electron chi connectivity index (χ2n) is 7.90. The Bertz CT molecular complexity index is 1520. The van der Waals surface area contributed by atoms with E-state index in [1.807, 2.05) is 24.3 Å². The maximum Gasteiger partial charge on any atom is 0.301 e. The van der Waals surface area contributed by atoms with Crippen molar-refractivity contribution < 1.29 is 28.9 Å². The number of carbonyl (C=O) groups is 2. The summed E-state index contributed by atoms with van der Waals surface area (Å²) in [5, 5.41) is 21.2. The molecule has 4 aromatic rings. The molecule has 5 rings (SSSR count). The van der Waals surface area contributed by atoms with Crippen LogP contribution in [0.15, 0.2) is 65.7 Å². The fourth-order valence-corrected chi connectivity index (χ4v) is 4.96. The van der Waals surface area contributed by atoms with E-state index >= 15 is 0 Å². The van der Waals surface area contributed by atoms with E-state index in [1.165, 1.54) is 24.6 Å². The summed E-state index contributed by atoms with van der Waals surface area (Å²) in [5.74, 6) is -0.531. The van der Waals surface area contributed by atoms with Crippen LogP contribution in [0.1, 0.15) is 17.2 Å². The number of anilines is 1. The molecule has 1 aliphatic rings. The highest BCUT2D eigenvalue weighted by Gasteiger charge is 2.49. The Morgan fingerprint density at radius 2 is 1.75 bits per heavy atom. The molecule has 10 heteroatoms. The second-order valence-corrected chi connectivity index (χ2v) is 8.71. The Hall–Kier alpha value is -4.44. The zero-order chi connectivity index (χ0) is 25.4. The third-order valence-corrected chi connectivity index (χ3v) is 6.74. The number of ketones is 1. The maximum atomic E-state index is 13.4. The molecule has 182 valence electrons. The molecule has 1 aromatic heterocycles. The number of para-hydroxylation sites is 1. The molecule has 0 bridgehead atoms. The lowest BCUT2D eigenvalue weighted by molar-refractivity contribution is -0.132. The Balaban J connectivity index is 1.74. The highest BCUT2D eigenvalue weighted by Crippen LogP contribution is 2.47. The lowest BCUT2D eigenvalue weighted by Gasteiger charge is -2.25. The van der Waals surface area contributed by atoms with Crippen molar-refractivity contribution in [2.75, 3.05) is 26.2 Å². The zero-order valence-electron chi connectivity index (χ0n) is 19.6. The number of aliphatic hydroxyl groups is 1. The number of nitrogens with zero attached hydrogens (tertiary/aromatic N) is 3. The molecule has 0 radical (unpaired) electrons. The fourth-order valence-electron chi connectivity index (χ4n) is 4.38. The molecule has 1 saturated heterocycles. The second kappa shape index (κ2) is 9.31. The third kappa shape index (κ3) is 3.72. The first-order valence-corrected chi connectivity index (χ1v) is 11.7. The van der Waals surface area contributed by atoms with Gasteiger partial charge in [-0.1, -0.05) is 41.7 Å². The van der Waals surface area contributed by atoms with Crippen molar-refractivity contribution in [2.45, 2.75) is 6.04 Å². The van der Waals surface area contributed by atoms with Gasteiger partial charge in [0.05, 0.1) is 26.9 Å². The van der Waals surface area contributed by atoms with Gasteiger partial charge in [0, 0.05) is 11.1 Å². The molecule has 0 saturated carbocycles. The van der Waals surface area contributed by atoms with Crippen molar-refractivity contribution in [2.24, 2.45) is 0 Å². The molecule has 1 unspecified atom stereocenters. The van der Waals surface area contributed by atoms with Crippen LogP contribution in [0.4, 0.5) is 5.13 Å². The van der Waals surface area contributed by atoms with Gasteiger partial charge in [0.25, 0.3) is 5.78 Å². The largest absolute Gasteiger partial charge is 0.507 e. The summed E-state index contributed by atoms with van der Waals surface area (Å²) < 4.78 is 16.3. The van der Waals surface area contributed by atoms with Crippen molar-refractivity contribution in [1.29, 1.82) is 0 Å². The van der Waals surface area contributed by atoms with Crippen LogP contribution in [0, 0.1) is 0 Å². The third-order valence-electron chi connectivity index (χ3n) is 6.05. The lowest BCUT2D eigenvalue weighted by Crippen LogP contribution is -2.29. The molecule has 9 nitrogen and oxygen atoms in total. The summed E-state index contributed by atoms with van der Waals surface area (Å²) in [4.78, 5) is 27.9. The number of carbonyl (C=O) groups excluding carboxylic acids is 2. The van der Waals surface area contributed by atoms with Gasteiger partial charge in [0.15, 0.2) is 11.5 Å². The van der Waals surface area contributed by atoms with Gasteiger partial charge in [-0.25, -0.2) is 0 Å². The number of amides is 1. The number of methoxy groups -OCH3 is 3. The first kappa shape index (κ1) is 23.3. The summed E-state index contributed by atoms with van der Waals surface area (Å²) in [7, 11) is 4.55. The van der Waals surface area contributed by atoms with E-state index < -0.39 is 17.7 Å². The van der Waals surface area contributed by atoms with E-state index in [2.05, 4.69) is 10.2 Å². The monoisotopic (exact) mass is 503 g/mol. The molecule has 1 atom stereocenters. The zero-order valence-corrected chi connectivity index (χ0v) is 20.4.